The van der Waals surface area contributed by atoms with E-state index in [-0.39, 0.29) is 6.04 Å². The van der Waals surface area contributed by atoms with Crippen LogP contribution >= 0.6 is 11.3 Å². The van der Waals surface area contributed by atoms with E-state index in [2.05, 4.69) is 42.9 Å². The Morgan fingerprint density at radius 2 is 2.06 bits per heavy atom. The minimum Gasteiger partial charge on any atom is -0.305 e. The molecule has 0 aromatic carbocycles. The van der Waals surface area contributed by atoms with Crippen molar-refractivity contribution in [3.05, 3.63) is 22.7 Å². The summed E-state index contributed by atoms with van der Waals surface area (Å²) in [7, 11) is 0. The second-order valence-corrected chi connectivity index (χ2v) is 5.55. The lowest BCUT2D eigenvalue weighted by Crippen LogP contribution is -2.34. The molecule has 4 heteroatoms. The number of hydrogen-bond donors (Lipinski definition) is 1. The molecule has 0 saturated heterocycles. The monoisotopic (exact) mass is 239 g/mol. The van der Waals surface area contributed by atoms with E-state index in [0.717, 1.165) is 16.4 Å². The first-order valence-electron chi connectivity index (χ1n) is 5.71. The highest BCUT2D eigenvalue weighted by Crippen LogP contribution is 2.19. The van der Waals surface area contributed by atoms with Gasteiger partial charge in [0.05, 0.1) is 6.04 Å². The molecule has 0 bridgehead atoms. The van der Waals surface area contributed by atoms with Gasteiger partial charge in [0.15, 0.2) is 0 Å². The molecule has 3 atom stereocenters. The Bertz CT molecular complexity index is 335. The van der Waals surface area contributed by atoms with Crippen molar-refractivity contribution in [2.75, 3.05) is 0 Å². The molecule has 0 amide bonds. The van der Waals surface area contributed by atoms with Crippen LogP contribution < -0.4 is 5.32 Å². The zero-order chi connectivity index (χ0) is 12.1. The zero-order valence-electron chi connectivity index (χ0n) is 10.5. The summed E-state index contributed by atoms with van der Waals surface area (Å²) < 4.78 is 0. The molecule has 90 valence electrons. The fourth-order valence-electron chi connectivity index (χ4n) is 1.58. The normalized spacial score (nSPS) is 16.8. The van der Waals surface area contributed by atoms with Gasteiger partial charge in [0.1, 0.15) is 10.0 Å². The van der Waals surface area contributed by atoms with E-state index in [1.54, 1.807) is 11.3 Å². The first-order valence-corrected chi connectivity index (χ1v) is 6.53. The molecular formula is C12H21N3S. The molecule has 3 unspecified atom stereocenters. The lowest BCUT2D eigenvalue weighted by Gasteiger charge is -2.23. The molecular weight excluding hydrogens is 218 g/mol. The molecule has 1 heterocycles. The van der Waals surface area contributed by atoms with Crippen molar-refractivity contribution in [2.45, 2.75) is 46.2 Å². The average molecular weight is 239 g/mol. The van der Waals surface area contributed by atoms with Crippen molar-refractivity contribution in [2.24, 2.45) is 5.92 Å². The van der Waals surface area contributed by atoms with Crippen molar-refractivity contribution in [1.82, 2.24) is 15.5 Å². The van der Waals surface area contributed by atoms with E-state index in [1.807, 2.05) is 13.0 Å². The standard InChI is InChI=1S/C12H21N3S/c1-6-7-8(2)9(3)13-10(4)12-15-14-11(5)16-12/h6,8-10,13H,1,7H2,2-5H3. The second kappa shape index (κ2) is 6.11. The van der Waals surface area contributed by atoms with Gasteiger partial charge in [0.25, 0.3) is 0 Å². The Morgan fingerprint density at radius 3 is 2.56 bits per heavy atom. The number of nitrogens with one attached hydrogen (secondary N) is 1. The summed E-state index contributed by atoms with van der Waals surface area (Å²) in [5.41, 5.74) is 0. The molecule has 3 nitrogen and oxygen atoms in total. The Kier molecular flexibility index (Phi) is 5.09. The second-order valence-electron chi connectivity index (χ2n) is 4.34. The molecule has 16 heavy (non-hydrogen) atoms. The highest BCUT2D eigenvalue weighted by molar-refractivity contribution is 7.11. The topological polar surface area (TPSA) is 37.8 Å². The van der Waals surface area contributed by atoms with Crippen LogP contribution in [0.4, 0.5) is 0 Å². The van der Waals surface area contributed by atoms with Gasteiger partial charge >= 0.3 is 0 Å². The van der Waals surface area contributed by atoms with Crippen molar-refractivity contribution >= 4 is 11.3 Å². The number of nitrogens with zero attached hydrogens (tertiary/aromatic N) is 2. The summed E-state index contributed by atoms with van der Waals surface area (Å²) in [4.78, 5) is 0. The van der Waals surface area contributed by atoms with Gasteiger partial charge in [-0.2, -0.15) is 0 Å². The van der Waals surface area contributed by atoms with Crippen molar-refractivity contribution in [1.29, 1.82) is 0 Å². The zero-order valence-corrected chi connectivity index (χ0v) is 11.3. The van der Waals surface area contributed by atoms with E-state index in [9.17, 15) is 0 Å². The summed E-state index contributed by atoms with van der Waals surface area (Å²) >= 11 is 1.66. The largest absolute Gasteiger partial charge is 0.305 e. The van der Waals surface area contributed by atoms with Gasteiger partial charge in [-0.3, -0.25) is 0 Å². The predicted octanol–water partition coefficient (Wildman–Crippen LogP) is 3.10. The summed E-state index contributed by atoms with van der Waals surface area (Å²) in [6.45, 7) is 12.3. The molecule has 0 aliphatic heterocycles. The number of allylic oxidation sites excluding steroid dienone is 1. The number of aryl methyl sites for hydroxylation is 1. The van der Waals surface area contributed by atoms with Crippen LogP contribution in [0.25, 0.3) is 0 Å². The molecule has 0 fully saturated rings. The summed E-state index contributed by atoms with van der Waals surface area (Å²) in [5.74, 6) is 0.592. The summed E-state index contributed by atoms with van der Waals surface area (Å²) in [5, 5.41) is 13.8. The molecule has 1 aromatic rings. The number of hydrogen-bond acceptors (Lipinski definition) is 4. The third-order valence-corrected chi connectivity index (χ3v) is 3.84. The molecule has 0 aliphatic rings. The Hall–Kier alpha value is -0.740. The Labute approximate surface area is 102 Å². The van der Waals surface area contributed by atoms with Crippen LogP contribution in [-0.2, 0) is 0 Å². The lowest BCUT2D eigenvalue weighted by molar-refractivity contribution is 0.369. The minimum atomic E-state index is 0.272. The maximum atomic E-state index is 4.16. The van der Waals surface area contributed by atoms with E-state index in [1.165, 1.54) is 0 Å². The van der Waals surface area contributed by atoms with Crippen molar-refractivity contribution < 1.29 is 0 Å². The van der Waals surface area contributed by atoms with Crippen LogP contribution in [0.1, 0.15) is 43.2 Å². The average Bonchev–Trinajstić information content (AvgIpc) is 2.65. The highest BCUT2D eigenvalue weighted by atomic mass is 32.1. The SMILES string of the molecule is C=CCC(C)C(C)NC(C)c1nnc(C)s1. The van der Waals surface area contributed by atoms with Gasteiger partial charge in [-0.05, 0) is 33.1 Å². The maximum absolute atomic E-state index is 4.16. The van der Waals surface area contributed by atoms with Crippen LogP contribution in [-0.4, -0.2) is 16.2 Å². The maximum Gasteiger partial charge on any atom is 0.134 e. The van der Waals surface area contributed by atoms with Crippen LogP contribution in [0.5, 0.6) is 0 Å². The minimum absolute atomic E-state index is 0.272. The van der Waals surface area contributed by atoms with Crippen LogP contribution in [0.15, 0.2) is 12.7 Å². The van der Waals surface area contributed by atoms with Crippen LogP contribution in [0, 0.1) is 12.8 Å². The summed E-state index contributed by atoms with van der Waals surface area (Å²) in [6.07, 6.45) is 3.01. The van der Waals surface area contributed by atoms with Gasteiger partial charge in [0.2, 0.25) is 0 Å². The van der Waals surface area contributed by atoms with E-state index >= 15 is 0 Å². The van der Waals surface area contributed by atoms with Gasteiger partial charge in [-0.15, -0.1) is 28.1 Å². The van der Waals surface area contributed by atoms with Crippen LogP contribution in [0.2, 0.25) is 0 Å². The first kappa shape index (κ1) is 13.3. The smallest absolute Gasteiger partial charge is 0.134 e. The highest BCUT2D eigenvalue weighted by Gasteiger charge is 2.16. The fourth-order valence-corrected chi connectivity index (χ4v) is 2.29. The van der Waals surface area contributed by atoms with E-state index in [4.69, 9.17) is 0 Å². The predicted molar refractivity (Wildman–Crippen MR) is 69.6 cm³/mol. The fraction of sp³-hybridized carbons (Fsp3) is 0.667. The molecule has 0 aliphatic carbocycles. The van der Waals surface area contributed by atoms with Crippen molar-refractivity contribution in [3.63, 3.8) is 0 Å². The molecule has 1 aromatic heterocycles. The quantitative estimate of drug-likeness (QED) is 0.775. The summed E-state index contributed by atoms with van der Waals surface area (Å²) in [6, 6.07) is 0.727. The molecule has 1 rings (SSSR count). The van der Waals surface area contributed by atoms with Gasteiger partial charge in [-0.1, -0.05) is 13.0 Å². The first-order chi connectivity index (χ1) is 7.54. The molecule has 1 N–H and O–H groups in total. The third-order valence-electron chi connectivity index (χ3n) is 2.82. The molecule has 0 radical (unpaired) electrons. The Morgan fingerprint density at radius 1 is 1.38 bits per heavy atom. The van der Waals surface area contributed by atoms with E-state index in [0.29, 0.717) is 12.0 Å². The third kappa shape index (κ3) is 3.68. The van der Waals surface area contributed by atoms with E-state index < -0.39 is 0 Å². The van der Waals surface area contributed by atoms with Crippen LogP contribution in [0.3, 0.4) is 0 Å². The number of rotatable bonds is 6. The van der Waals surface area contributed by atoms with Gasteiger partial charge in [0, 0.05) is 6.04 Å². The number of aromatic nitrogens is 2. The molecule has 0 saturated carbocycles. The van der Waals surface area contributed by atoms with Gasteiger partial charge < -0.3 is 5.32 Å². The lowest BCUT2D eigenvalue weighted by atomic mass is 9.99. The van der Waals surface area contributed by atoms with Crippen molar-refractivity contribution in [3.8, 4) is 0 Å². The molecule has 0 spiro atoms. The van der Waals surface area contributed by atoms with Gasteiger partial charge in [-0.25, -0.2) is 0 Å². The Balaban J connectivity index is 2.50.